The molecule has 0 unspecified atom stereocenters. The Morgan fingerprint density at radius 3 is 2.64 bits per heavy atom. The van der Waals surface area contributed by atoms with Crippen LogP contribution in [0.3, 0.4) is 0 Å². The lowest BCUT2D eigenvalue weighted by atomic mass is 9.79. The van der Waals surface area contributed by atoms with E-state index in [0.717, 1.165) is 6.07 Å². The van der Waals surface area contributed by atoms with Gasteiger partial charge in [0, 0.05) is 0 Å². The highest BCUT2D eigenvalue weighted by molar-refractivity contribution is 6.60. The summed E-state index contributed by atoms with van der Waals surface area (Å²) in [6, 6.07) is 2.35. The molecule has 76 valence electrons. The van der Waals surface area contributed by atoms with Gasteiger partial charge in [-0.3, -0.25) is 0 Å². The molecule has 0 bridgehead atoms. The summed E-state index contributed by atoms with van der Waals surface area (Å²) in [4.78, 5) is 0. The molecular weight excluding hydrogens is 209 g/mol. The lowest BCUT2D eigenvalue weighted by molar-refractivity contribution is 0.338. The van der Waals surface area contributed by atoms with E-state index in [1.54, 1.807) is 6.92 Å². The van der Waals surface area contributed by atoms with Gasteiger partial charge in [0.1, 0.15) is 11.6 Å². The predicted molar refractivity (Wildman–Crippen MR) is 52.4 cm³/mol. The van der Waals surface area contributed by atoms with Crippen molar-refractivity contribution in [2.75, 3.05) is 6.61 Å². The summed E-state index contributed by atoms with van der Waals surface area (Å²) in [6.45, 7) is 1.96. The third kappa shape index (κ3) is 2.18. The molecule has 3 nitrogen and oxygen atoms in total. The molecule has 0 aliphatic rings. The SMILES string of the molecule is CCOc1c(Cl)ccc(F)c1B(O)O. The summed E-state index contributed by atoms with van der Waals surface area (Å²) >= 11 is 5.71. The molecule has 1 aromatic carbocycles. The van der Waals surface area contributed by atoms with Crippen molar-refractivity contribution in [3.05, 3.63) is 23.0 Å². The molecule has 0 aliphatic heterocycles. The Morgan fingerprint density at radius 1 is 1.50 bits per heavy atom. The molecule has 1 aromatic rings. The quantitative estimate of drug-likeness (QED) is 0.729. The number of ether oxygens (including phenoxy) is 1. The number of halogens is 2. The van der Waals surface area contributed by atoms with Gasteiger partial charge < -0.3 is 14.8 Å². The number of benzene rings is 1. The summed E-state index contributed by atoms with van der Waals surface area (Å²) in [6.07, 6.45) is 0. The largest absolute Gasteiger partial charge is 0.495 e. The molecule has 0 saturated heterocycles. The van der Waals surface area contributed by atoms with Crippen LogP contribution in [0, 0.1) is 5.82 Å². The van der Waals surface area contributed by atoms with Crippen molar-refractivity contribution in [2.45, 2.75) is 6.92 Å². The zero-order valence-corrected chi connectivity index (χ0v) is 8.25. The molecule has 0 aliphatic carbocycles. The molecular formula is C8H9BClFO3. The van der Waals surface area contributed by atoms with Crippen LogP contribution in [0.5, 0.6) is 5.75 Å². The maximum absolute atomic E-state index is 13.1. The minimum absolute atomic E-state index is 0.0239. The lowest BCUT2D eigenvalue weighted by Crippen LogP contribution is -2.34. The van der Waals surface area contributed by atoms with E-state index in [2.05, 4.69) is 0 Å². The molecule has 0 fully saturated rings. The van der Waals surface area contributed by atoms with Crippen molar-refractivity contribution >= 4 is 24.2 Å². The zero-order chi connectivity index (χ0) is 10.7. The van der Waals surface area contributed by atoms with Gasteiger partial charge in [0.2, 0.25) is 0 Å². The molecule has 0 amide bonds. The van der Waals surface area contributed by atoms with Crippen molar-refractivity contribution in [1.82, 2.24) is 0 Å². The number of rotatable bonds is 3. The van der Waals surface area contributed by atoms with Crippen LogP contribution >= 0.6 is 11.6 Å². The van der Waals surface area contributed by atoms with Crippen molar-refractivity contribution in [2.24, 2.45) is 0 Å². The maximum atomic E-state index is 13.1. The van der Waals surface area contributed by atoms with Crippen LogP contribution in [-0.4, -0.2) is 23.8 Å². The average molecular weight is 218 g/mol. The standard InChI is InChI=1S/C8H9BClFO3/c1-2-14-8-5(10)3-4-6(11)7(8)9(12)13/h3-4,12-13H,2H2,1H3. The first-order valence-corrected chi connectivity index (χ1v) is 4.42. The van der Waals surface area contributed by atoms with E-state index in [4.69, 9.17) is 26.4 Å². The van der Waals surface area contributed by atoms with Crippen LogP contribution < -0.4 is 10.2 Å². The van der Waals surface area contributed by atoms with E-state index in [9.17, 15) is 4.39 Å². The van der Waals surface area contributed by atoms with Crippen LogP contribution in [0.2, 0.25) is 5.02 Å². The third-order valence-corrected chi connectivity index (χ3v) is 1.94. The van der Waals surface area contributed by atoms with Gasteiger partial charge >= 0.3 is 7.12 Å². The predicted octanol–water partition coefficient (Wildman–Crippen LogP) is 0.558. The first-order chi connectivity index (χ1) is 6.57. The van der Waals surface area contributed by atoms with E-state index in [-0.39, 0.29) is 22.8 Å². The molecule has 1 rings (SSSR count). The highest BCUT2D eigenvalue weighted by Crippen LogP contribution is 2.23. The average Bonchev–Trinajstić information content (AvgIpc) is 2.11. The van der Waals surface area contributed by atoms with E-state index < -0.39 is 12.9 Å². The van der Waals surface area contributed by atoms with Crippen LogP contribution in [0.15, 0.2) is 12.1 Å². The van der Waals surface area contributed by atoms with E-state index in [1.807, 2.05) is 0 Å². The summed E-state index contributed by atoms with van der Waals surface area (Å²) in [7, 11) is -1.93. The zero-order valence-electron chi connectivity index (χ0n) is 7.50. The topological polar surface area (TPSA) is 49.7 Å². The minimum Gasteiger partial charge on any atom is -0.493 e. The molecule has 0 aromatic heterocycles. The van der Waals surface area contributed by atoms with Crippen molar-refractivity contribution in [3.8, 4) is 5.75 Å². The normalized spacial score (nSPS) is 10.1. The highest BCUT2D eigenvalue weighted by atomic mass is 35.5. The van der Waals surface area contributed by atoms with E-state index >= 15 is 0 Å². The summed E-state index contributed by atoms with van der Waals surface area (Å²) in [5.74, 6) is -0.781. The fourth-order valence-corrected chi connectivity index (χ4v) is 1.30. The first kappa shape index (κ1) is 11.3. The second-order valence-corrected chi connectivity index (χ2v) is 2.99. The van der Waals surface area contributed by atoms with Crippen LogP contribution in [0.4, 0.5) is 4.39 Å². The highest BCUT2D eigenvalue weighted by Gasteiger charge is 2.24. The van der Waals surface area contributed by atoms with Crippen molar-refractivity contribution < 1.29 is 19.2 Å². The van der Waals surface area contributed by atoms with E-state index in [1.165, 1.54) is 6.07 Å². The summed E-state index contributed by atoms with van der Waals surface area (Å²) in [5.41, 5.74) is -0.334. The second kappa shape index (κ2) is 4.64. The van der Waals surface area contributed by atoms with Gasteiger partial charge in [0.25, 0.3) is 0 Å². The van der Waals surface area contributed by atoms with Crippen LogP contribution in [-0.2, 0) is 0 Å². The Bertz CT molecular complexity index is 333. The first-order valence-electron chi connectivity index (χ1n) is 4.04. The van der Waals surface area contributed by atoms with Gasteiger partial charge in [-0.15, -0.1) is 0 Å². The summed E-state index contributed by atoms with van der Waals surface area (Å²) in [5, 5.41) is 18.0. The van der Waals surface area contributed by atoms with Gasteiger partial charge in [0.15, 0.2) is 0 Å². The Labute approximate surface area is 86.2 Å². The van der Waals surface area contributed by atoms with Gasteiger partial charge in [-0.1, -0.05) is 11.6 Å². The number of hydrogen-bond acceptors (Lipinski definition) is 3. The molecule has 2 N–H and O–H groups in total. The van der Waals surface area contributed by atoms with Gasteiger partial charge in [0.05, 0.1) is 17.1 Å². The molecule has 14 heavy (non-hydrogen) atoms. The van der Waals surface area contributed by atoms with Gasteiger partial charge in [-0.25, -0.2) is 4.39 Å². The van der Waals surface area contributed by atoms with Crippen molar-refractivity contribution in [3.63, 3.8) is 0 Å². The fourth-order valence-electron chi connectivity index (χ4n) is 1.08. The summed E-state index contributed by atoms with van der Waals surface area (Å²) < 4.78 is 18.2. The molecule has 0 spiro atoms. The second-order valence-electron chi connectivity index (χ2n) is 2.58. The van der Waals surface area contributed by atoms with Crippen LogP contribution in [0.1, 0.15) is 6.92 Å². The van der Waals surface area contributed by atoms with Crippen LogP contribution in [0.25, 0.3) is 0 Å². The Morgan fingerprint density at radius 2 is 2.14 bits per heavy atom. The monoisotopic (exact) mass is 218 g/mol. The molecule has 0 heterocycles. The number of hydrogen-bond donors (Lipinski definition) is 2. The van der Waals surface area contributed by atoms with Crippen molar-refractivity contribution in [1.29, 1.82) is 0 Å². The van der Waals surface area contributed by atoms with Gasteiger partial charge in [-0.2, -0.15) is 0 Å². The molecule has 0 saturated carbocycles. The Hall–Kier alpha value is -0.775. The fraction of sp³-hybridized carbons (Fsp3) is 0.250. The van der Waals surface area contributed by atoms with Gasteiger partial charge in [-0.05, 0) is 19.1 Å². The smallest absolute Gasteiger partial charge is 0.493 e. The molecule has 0 radical (unpaired) electrons. The Balaban J connectivity index is 3.26. The molecule has 0 atom stereocenters. The Kier molecular flexibility index (Phi) is 3.74. The van der Waals surface area contributed by atoms with E-state index in [0.29, 0.717) is 0 Å². The maximum Gasteiger partial charge on any atom is 0.495 e. The lowest BCUT2D eigenvalue weighted by Gasteiger charge is -2.11. The third-order valence-electron chi connectivity index (χ3n) is 1.64. The minimum atomic E-state index is -1.93. The molecule has 6 heteroatoms.